The van der Waals surface area contributed by atoms with E-state index in [9.17, 15) is 9.59 Å². The molecule has 1 amide bonds. The van der Waals surface area contributed by atoms with Crippen LogP contribution in [-0.4, -0.2) is 70.7 Å². The molecule has 0 unspecified atom stereocenters. The first-order valence-electron chi connectivity index (χ1n) is 16.7. The monoisotopic (exact) mass is 743 g/mol. The molecule has 3 heterocycles. The van der Waals surface area contributed by atoms with Crippen LogP contribution in [-0.2, 0) is 19.1 Å². The number of rotatable bonds is 12. The van der Waals surface area contributed by atoms with Crippen LogP contribution in [0.5, 0.6) is 5.75 Å². The predicted molar refractivity (Wildman–Crippen MR) is 206 cm³/mol. The van der Waals surface area contributed by atoms with Crippen LogP contribution in [0.2, 0.25) is 5.02 Å². The third-order valence-electron chi connectivity index (χ3n) is 7.89. The molecule has 3 N–H and O–H groups in total. The van der Waals surface area contributed by atoms with Crippen LogP contribution in [0.25, 0.3) is 11.3 Å². The lowest BCUT2D eigenvalue weighted by Crippen LogP contribution is -2.41. The number of anilines is 2. The Morgan fingerprint density at radius 2 is 1.69 bits per heavy atom. The summed E-state index contributed by atoms with van der Waals surface area (Å²) >= 11 is 7.69. The molecule has 0 spiro atoms. The lowest BCUT2D eigenvalue weighted by atomic mass is 9.99. The van der Waals surface area contributed by atoms with Gasteiger partial charge in [0.2, 0.25) is 5.91 Å². The number of hydrogen-bond acceptors (Lipinski definition) is 11. The average Bonchev–Trinajstić information content (AvgIpc) is 3.30. The van der Waals surface area contributed by atoms with Crippen molar-refractivity contribution in [1.82, 2.24) is 9.97 Å². The SMILES string of the molecule is CC(=N)N1C(=N)[C@H](CC(=O)Nc2cnc(-c3ccc(OCCCOCC(=O)OC(C)(C)C)cc3)cn2)N=C(c2ccc(Cl)cc2)c2c1sc(C)c2C. The fourth-order valence-corrected chi connectivity index (χ4v) is 6.75. The molecule has 0 aliphatic carbocycles. The standard InChI is InChI=1S/C38H42ClN7O5S/c1-22-23(2)52-37-34(22)35(26-8-12-27(39)13-9-26)44-29(36(41)46(37)24(3)40)18-32(47)45-31-20-42-30(19-43-31)25-10-14-28(15-11-25)50-17-7-16-49-21-33(48)51-38(4,5)6/h8-15,19-20,29,40-41H,7,16-18,21H2,1-6H3,(H,43,45,47)/t29-/m0/s1. The zero-order valence-electron chi connectivity index (χ0n) is 30.0. The number of hydrogen-bond donors (Lipinski definition) is 3. The number of halogens is 1. The van der Waals surface area contributed by atoms with Crippen molar-refractivity contribution in [2.24, 2.45) is 4.99 Å². The highest BCUT2D eigenvalue weighted by Gasteiger charge is 2.35. The number of amidine groups is 2. The van der Waals surface area contributed by atoms with Gasteiger partial charge in [-0.1, -0.05) is 23.7 Å². The first-order chi connectivity index (χ1) is 24.7. The molecule has 272 valence electrons. The zero-order valence-corrected chi connectivity index (χ0v) is 31.6. The lowest BCUT2D eigenvalue weighted by molar-refractivity contribution is -0.160. The number of carbonyl (C=O) groups is 2. The van der Waals surface area contributed by atoms with Gasteiger partial charge in [-0.2, -0.15) is 0 Å². The molecular formula is C38H42ClN7O5S. The van der Waals surface area contributed by atoms with Crippen molar-refractivity contribution in [2.75, 3.05) is 30.0 Å². The summed E-state index contributed by atoms with van der Waals surface area (Å²) < 4.78 is 16.4. The van der Waals surface area contributed by atoms with Gasteiger partial charge in [-0.15, -0.1) is 11.3 Å². The van der Waals surface area contributed by atoms with E-state index in [1.54, 1.807) is 30.2 Å². The number of fused-ring (bicyclic) bond motifs is 1. The third kappa shape index (κ3) is 9.66. The highest BCUT2D eigenvalue weighted by Crippen LogP contribution is 2.40. The van der Waals surface area contributed by atoms with Gasteiger partial charge in [0.05, 0.1) is 43.4 Å². The molecular weight excluding hydrogens is 702 g/mol. The second kappa shape index (κ2) is 16.6. The largest absolute Gasteiger partial charge is 0.494 e. The maximum absolute atomic E-state index is 13.4. The molecule has 12 nitrogen and oxygen atoms in total. The molecule has 2 aromatic carbocycles. The molecule has 5 rings (SSSR count). The summed E-state index contributed by atoms with van der Waals surface area (Å²) in [5.74, 6) is 0.342. The number of benzene rings is 2. The normalized spacial score (nSPS) is 14.3. The molecule has 0 saturated heterocycles. The van der Waals surface area contributed by atoms with E-state index in [1.165, 1.54) is 17.5 Å². The van der Waals surface area contributed by atoms with Crippen molar-refractivity contribution in [3.8, 4) is 17.0 Å². The fourth-order valence-electron chi connectivity index (χ4n) is 5.40. The van der Waals surface area contributed by atoms with E-state index in [2.05, 4.69) is 15.3 Å². The number of esters is 1. The molecule has 0 radical (unpaired) electrons. The summed E-state index contributed by atoms with van der Waals surface area (Å²) in [6.45, 7) is 11.8. The Kier molecular flexibility index (Phi) is 12.2. The number of amides is 1. The number of thiophene rings is 1. The van der Waals surface area contributed by atoms with Gasteiger partial charge in [-0.25, -0.2) is 9.78 Å². The van der Waals surface area contributed by atoms with Crippen molar-refractivity contribution in [1.29, 1.82) is 10.8 Å². The Balaban J connectivity index is 1.20. The quantitative estimate of drug-likeness (QED) is 0.0577. The first kappa shape index (κ1) is 38.3. The van der Waals surface area contributed by atoms with Crippen LogP contribution in [0.4, 0.5) is 10.8 Å². The topological polar surface area (TPSA) is 163 Å². The first-order valence-corrected chi connectivity index (χ1v) is 17.9. The van der Waals surface area contributed by atoms with Crippen LogP contribution in [0.1, 0.15) is 62.1 Å². The van der Waals surface area contributed by atoms with E-state index in [1.807, 2.05) is 71.0 Å². The molecule has 14 heteroatoms. The van der Waals surface area contributed by atoms with Crippen LogP contribution in [0.15, 0.2) is 65.9 Å². The molecule has 1 atom stereocenters. The molecule has 1 aliphatic heterocycles. The minimum Gasteiger partial charge on any atom is -0.494 e. The van der Waals surface area contributed by atoms with Gasteiger partial charge in [-0.3, -0.25) is 30.5 Å². The number of nitrogens with one attached hydrogen (secondary N) is 3. The van der Waals surface area contributed by atoms with E-state index in [-0.39, 0.29) is 30.5 Å². The number of aliphatic imine (C=N–C) groups is 1. The van der Waals surface area contributed by atoms with Crippen LogP contribution >= 0.6 is 22.9 Å². The van der Waals surface area contributed by atoms with Gasteiger partial charge in [-0.05, 0) is 83.5 Å². The number of ether oxygens (including phenoxy) is 3. The molecule has 52 heavy (non-hydrogen) atoms. The second-order valence-corrected chi connectivity index (χ2v) is 14.8. The minimum atomic E-state index is -0.872. The fraction of sp³-hybridized carbons (Fsp3) is 0.342. The molecule has 4 aromatic rings. The number of carbonyl (C=O) groups excluding carboxylic acids is 2. The maximum atomic E-state index is 13.4. The molecule has 0 saturated carbocycles. The highest BCUT2D eigenvalue weighted by molar-refractivity contribution is 7.17. The van der Waals surface area contributed by atoms with Gasteiger partial charge < -0.3 is 19.5 Å². The number of aryl methyl sites for hydroxylation is 1. The lowest BCUT2D eigenvalue weighted by Gasteiger charge is -2.24. The van der Waals surface area contributed by atoms with Crippen LogP contribution < -0.4 is 15.0 Å². The smallest absolute Gasteiger partial charge is 0.332 e. The van der Waals surface area contributed by atoms with Crippen LogP contribution in [0, 0.1) is 24.7 Å². The molecule has 2 aromatic heterocycles. The van der Waals surface area contributed by atoms with E-state index >= 15 is 0 Å². The van der Waals surface area contributed by atoms with Crippen molar-refractivity contribution in [3.05, 3.63) is 87.5 Å². The van der Waals surface area contributed by atoms with Gasteiger partial charge in [0.1, 0.15) is 40.7 Å². The molecule has 0 fully saturated rings. The Morgan fingerprint density at radius 3 is 2.33 bits per heavy atom. The summed E-state index contributed by atoms with van der Waals surface area (Å²) in [6, 6.07) is 13.8. The van der Waals surface area contributed by atoms with Gasteiger partial charge in [0.25, 0.3) is 0 Å². The maximum Gasteiger partial charge on any atom is 0.332 e. The summed E-state index contributed by atoms with van der Waals surface area (Å²) in [6.07, 6.45) is 3.51. The van der Waals surface area contributed by atoms with Crippen molar-refractivity contribution >= 4 is 63.0 Å². The summed E-state index contributed by atoms with van der Waals surface area (Å²) in [5.41, 5.74) is 4.18. The molecule has 1 aliphatic rings. The summed E-state index contributed by atoms with van der Waals surface area (Å²) in [7, 11) is 0. The minimum absolute atomic E-state index is 0.0366. The van der Waals surface area contributed by atoms with E-state index in [0.717, 1.165) is 32.1 Å². The van der Waals surface area contributed by atoms with E-state index in [0.29, 0.717) is 41.8 Å². The Labute approximate surface area is 312 Å². The van der Waals surface area contributed by atoms with Gasteiger partial charge in [0.15, 0.2) is 5.82 Å². The average molecular weight is 744 g/mol. The second-order valence-electron chi connectivity index (χ2n) is 13.2. The number of aromatic nitrogens is 2. The predicted octanol–water partition coefficient (Wildman–Crippen LogP) is 7.63. The summed E-state index contributed by atoms with van der Waals surface area (Å²) in [5, 5.41) is 21.8. The zero-order chi connectivity index (χ0) is 37.6. The van der Waals surface area contributed by atoms with Crippen LogP contribution in [0.3, 0.4) is 0 Å². The van der Waals surface area contributed by atoms with Crippen molar-refractivity contribution in [3.63, 3.8) is 0 Å². The summed E-state index contributed by atoms with van der Waals surface area (Å²) in [4.78, 5) is 41.6. The molecule has 0 bridgehead atoms. The van der Waals surface area contributed by atoms with Gasteiger partial charge in [0, 0.05) is 33.0 Å². The third-order valence-corrected chi connectivity index (χ3v) is 9.34. The highest BCUT2D eigenvalue weighted by atomic mass is 35.5. The Hall–Kier alpha value is -4.98. The van der Waals surface area contributed by atoms with E-state index in [4.69, 9.17) is 41.6 Å². The Morgan fingerprint density at radius 1 is 1.00 bits per heavy atom. The number of nitrogens with zero attached hydrogens (tertiary/aromatic N) is 4. The Bertz CT molecular complexity index is 1970. The van der Waals surface area contributed by atoms with Crippen molar-refractivity contribution in [2.45, 2.75) is 66.0 Å². The van der Waals surface area contributed by atoms with E-state index < -0.39 is 23.5 Å². The van der Waals surface area contributed by atoms with Crippen molar-refractivity contribution < 1.29 is 23.8 Å². The van der Waals surface area contributed by atoms with Gasteiger partial charge >= 0.3 is 5.97 Å².